The van der Waals surface area contributed by atoms with Crippen LogP contribution in [0.5, 0.6) is 0 Å². The Morgan fingerprint density at radius 1 is 1.50 bits per heavy atom. The van der Waals surface area contributed by atoms with Crippen LogP contribution in [-0.4, -0.2) is 23.5 Å². The molecule has 0 saturated heterocycles. The van der Waals surface area contributed by atoms with E-state index in [0.717, 1.165) is 6.42 Å². The van der Waals surface area contributed by atoms with Crippen molar-refractivity contribution in [1.29, 1.82) is 0 Å². The zero-order valence-electron chi connectivity index (χ0n) is 5.99. The number of hydrogen-bond donors (Lipinski definition) is 0. The van der Waals surface area contributed by atoms with Crippen LogP contribution in [0.3, 0.4) is 0 Å². The molecule has 0 bridgehead atoms. The highest BCUT2D eigenvalue weighted by molar-refractivity contribution is 6.30. The molecule has 0 fully saturated rings. The molecule has 0 aliphatic carbocycles. The standard InChI is InChI=1S/C5H11B3/c1-4(7)2-5(8)3-6/h3H,1-2,6-8H2/b5-3-. The van der Waals surface area contributed by atoms with E-state index in [0.29, 0.717) is 0 Å². The van der Waals surface area contributed by atoms with E-state index in [2.05, 4.69) is 28.2 Å². The minimum absolute atomic E-state index is 1.05. The first kappa shape index (κ1) is 7.67. The van der Waals surface area contributed by atoms with Gasteiger partial charge in [-0.05, 0) is 6.42 Å². The summed E-state index contributed by atoms with van der Waals surface area (Å²) in [5, 5.41) is 0. The highest BCUT2D eigenvalue weighted by Gasteiger charge is 1.85. The molecule has 0 radical (unpaired) electrons. The van der Waals surface area contributed by atoms with Crippen molar-refractivity contribution < 1.29 is 0 Å². The number of hydrogen-bond acceptors (Lipinski definition) is 0. The van der Waals surface area contributed by atoms with Gasteiger partial charge in [0.25, 0.3) is 0 Å². The van der Waals surface area contributed by atoms with E-state index < -0.39 is 0 Å². The van der Waals surface area contributed by atoms with Gasteiger partial charge in [-0.1, -0.05) is 0 Å². The van der Waals surface area contributed by atoms with Gasteiger partial charge in [-0.15, -0.1) is 23.5 Å². The largest absolute Gasteiger partial charge is 0.133 e. The van der Waals surface area contributed by atoms with Crippen molar-refractivity contribution in [2.24, 2.45) is 0 Å². The van der Waals surface area contributed by atoms with Crippen molar-refractivity contribution in [2.75, 3.05) is 0 Å². The Morgan fingerprint density at radius 3 is 2.12 bits per heavy atom. The van der Waals surface area contributed by atoms with Gasteiger partial charge in [0.05, 0.1) is 0 Å². The molecule has 0 aromatic carbocycles. The lowest BCUT2D eigenvalue weighted by Gasteiger charge is -1.96. The molecule has 0 nitrogen and oxygen atoms in total. The second kappa shape index (κ2) is 3.65. The molecule has 0 aromatic heterocycles. The van der Waals surface area contributed by atoms with Crippen molar-refractivity contribution in [2.45, 2.75) is 6.42 Å². The Hall–Kier alpha value is -0.325. The molecule has 0 saturated carbocycles. The molecular weight excluding hydrogens is 92.5 g/mol. The van der Waals surface area contributed by atoms with Gasteiger partial charge in [-0.25, -0.2) is 0 Å². The summed E-state index contributed by atoms with van der Waals surface area (Å²) in [6, 6.07) is 0. The van der Waals surface area contributed by atoms with Crippen LogP contribution in [0, 0.1) is 0 Å². The van der Waals surface area contributed by atoms with E-state index >= 15 is 0 Å². The Balaban J connectivity index is 3.56. The van der Waals surface area contributed by atoms with E-state index in [1.165, 1.54) is 10.9 Å². The zero-order valence-corrected chi connectivity index (χ0v) is 5.99. The first-order valence-corrected chi connectivity index (χ1v) is 2.93. The molecule has 0 atom stereocenters. The molecule has 0 amide bonds. The van der Waals surface area contributed by atoms with Crippen LogP contribution in [0.15, 0.2) is 23.5 Å². The Bertz CT molecular complexity index is 115. The van der Waals surface area contributed by atoms with Crippen LogP contribution in [0.4, 0.5) is 0 Å². The topological polar surface area (TPSA) is 0 Å². The monoisotopic (exact) mass is 104 g/mol. The van der Waals surface area contributed by atoms with Crippen LogP contribution < -0.4 is 0 Å². The van der Waals surface area contributed by atoms with Crippen LogP contribution in [0.25, 0.3) is 0 Å². The summed E-state index contributed by atoms with van der Waals surface area (Å²) in [6.07, 6.45) is 1.05. The third-order valence-corrected chi connectivity index (χ3v) is 1.07. The van der Waals surface area contributed by atoms with Gasteiger partial charge in [-0.3, -0.25) is 0 Å². The molecule has 0 heterocycles. The fourth-order valence-corrected chi connectivity index (χ4v) is 0.578. The van der Waals surface area contributed by atoms with E-state index in [1.807, 2.05) is 7.85 Å². The molecule has 0 spiro atoms. The summed E-state index contributed by atoms with van der Waals surface area (Å²) < 4.78 is 0. The van der Waals surface area contributed by atoms with Gasteiger partial charge in [0.2, 0.25) is 0 Å². The maximum absolute atomic E-state index is 3.80. The van der Waals surface area contributed by atoms with E-state index in [1.54, 1.807) is 0 Å². The summed E-state index contributed by atoms with van der Waals surface area (Å²) in [4.78, 5) is 0. The van der Waals surface area contributed by atoms with Gasteiger partial charge < -0.3 is 0 Å². The quantitative estimate of drug-likeness (QED) is 0.379. The summed E-state index contributed by atoms with van der Waals surface area (Å²) in [5.74, 6) is 2.12. The van der Waals surface area contributed by atoms with E-state index in [4.69, 9.17) is 0 Å². The second-order valence-electron chi connectivity index (χ2n) is 2.27. The van der Waals surface area contributed by atoms with Gasteiger partial charge >= 0.3 is 0 Å². The molecule has 0 aliphatic heterocycles. The maximum atomic E-state index is 3.80. The second-order valence-corrected chi connectivity index (χ2v) is 2.27. The SMILES string of the molecule is B/C=C(\B)CC(B)=C. The summed E-state index contributed by atoms with van der Waals surface area (Å²) in [6.45, 7) is 3.80. The van der Waals surface area contributed by atoms with Crippen molar-refractivity contribution in [3.63, 3.8) is 0 Å². The van der Waals surface area contributed by atoms with Gasteiger partial charge in [-0.2, -0.15) is 0 Å². The highest BCUT2D eigenvalue weighted by Crippen LogP contribution is 1.99. The van der Waals surface area contributed by atoms with Crippen molar-refractivity contribution in [3.05, 3.63) is 23.5 Å². The average Bonchev–Trinajstić information content (AvgIpc) is 1.65. The van der Waals surface area contributed by atoms with Crippen molar-refractivity contribution >= 4 is 23.5 Å². The maximum Gasteiger partial charge on any atom is 0.133 e. The Kier molecular flexibility index (Phi) is 3.50. The minimum Gasteiger partial charge on any atom is -0.133 e. The number of allylic oxidation sites excluding steroid dienone is 2. The van der Waals surface area contributed by atoms with Gasteiger partial charge in [0.15, 0.2) is 0 Å². The van der Waals surface area contributed by atoms with E-state index in [-0.39, 0.29) is 0 Å². The predicted octanol–water partition coefficient (Wildman–Crippen LogP) is -1.37. The first-order valence-electron chi connectivity index (χ1n) is 2.93. The van der Waals surface area contributed by atoms with Crippen LogP contribution in [-0.2, 0) is 0 Å². The first-order chi connectivity index (χ1) is 3.66. The molecule has 0 unspecified atom stereocenters. The molecular formula is C5H11B3. The summed E-state index contributed by atoms with van der Waals surface area (Å²) in [7, 11) is 6.22. The summed E-state index contributed by atoms with van der Waals surface area (Å²) in [5.41, 5.74) is 2.64. The smallest absolute Gasteiger partial charge is 0.133 e. The molecule has 0 aromatic rings. The fraction of sp³-hybridized carbons (Fsp3) is 0.200. The molecule has 8 heavy (non-hydrogen) atoms. The third kappa shape index (κ3) is 3.85. The van der Waals surface area contributed by atoms with E-state index in [9.17, 15) is 0 Å². The van der Waals surface area contributed by atoms with Crippen LogP contribution in [0.1, 0.15) is 6.42 Å². The zero-order chi connectivity index (χ0) is 6.57. The molecule has 0 rings (SSSR count). The lowest BCUT2D eigenvalue weighted by molar-refractivity contribution is 1.33. The number of rotatable bonds is 2. The fourth-order valence-electron chi connectivity index (χ4n) is 0.578. The third-order valence-electron chi connectivity index (χ3n) is 1.07. The Morgan fingerprint density at radius 2 is 2.00 bits per heavy atom. The lowest BCUT2D eigenvalue weighted by atomic mass is 9.80. The normalized spacial score (nSPS) is 11.2. The lowest BCUT2D eigenvalue weighted by Crippen LogP contribution is -1.85. The molecule has 3 heteroatoms. The predicted molar refractivity (Wildman–Crippen MR) is 47.5 cm³/mol. The molecule has 40 valence electrons. The Labute approximate surface area is 54.3 Å². The van der Waals surface area contributed by atoms with Crippen LogP contribution in [0.2, 0.25) is 0 Å². The highest BCUT2D eigenvalue weighted by atomic mass is 13.8. The summed E-state index contributed by atoms with van der Waals surface area (Å²) >= 11 is 0. The van der Waals surface area contributed by atoms with Gasteiger partial charge in [0, 0.05) is 0 Å². The molecule has 0 aliphatic rings. The average molecular weight is 104 g/mol. The molecule has 0 N–H and O–H groups in total. The minimum atomic E-state index is 1.05. The van der Waals surface area contributed by atoms with Crippen molar-refractivity contribution in [1.82, 2.24) is 0 Å². The van der Waals surface area contributed by atoms with Gasteiger partial charge in [0.1, 0.15) is 23.5 Å². The van der Waals surface area contributed by atoms with Crippen LogP contribution >= 0.6 is 0 Å². The van der Waals surface area contributed by atoms with Crippen molar-refractivity contribution in [3.8, 4) is 0 Å².